The van der Waals surface area contributed by atoms with Gasteiger partial charge in [0.25, 0.3) is 0 Å². The van der Waals surface area contributed by atoms with Crippen LogP contribution in [-0.2, 0) is 0 Å². The predicted octanol–water partition coefficient (Wildman–Crippen LogP) is 1.82. The SMILES string of the molecule is c1ccc2c(c1)OCC(CN1CCC(c3ncn[nH]3)CC1)O2. The van der Waals surface area contributed by atoms with Crippen molar-refractivity contribution in [3.63, 3.8) is 0 Å². The smallest absolute Gasteiger partial charge is 0.161 e. The van der Waals surface area contributed by atoms with Crippen molar-refractivity contribution in [1.82, 2.24) is 20.1 Å². The number of hydrogen-bond acceptors (Lipinski definition) is 5. The molecule has 2 aliphatic rings. The fraction of sp³-hybridized carbons (Fsp3) is 0.500. The highest BCUT2D eigenvalue weighted by Crippen LogP contribution is 2.31. The molecule has 0 saturated carbocycles. The van der Waals surface area contributed by atoms with Crippen LogP contribution in [0.5, 0.6) is 11.5 Å². The van der Waals surface area contributed by atoms with Gasteiger partial charge >= 0.3 is 0 Å². The molecule has 0 spiro atoms. The van der Waals surface area contributed by atoms with E-state index in [9.17, 15) is 0 Å². The van der Waals surface area contributed by atoms with Crippen LogP contribution in [0.4, 0.5) is 0 Å². The molecule has 1 saturated heterocycles. The van der Waals surface area contributed by atoms with Crippen molar-refractivity contribution < 1.29 is 9.47 Å². The van der Waals surface area contributed by atoms with E-state index in [-0.39, 0.29) is 6.10 Å². The van der Waals surface area contributed by atoms with Crippen molar-refractivity contribution >= 4 is 0 Å². The molecule has 116 valence electrons. The van der Waals surface area contributed by atoms with E-state index < -0.39 is 0 Å². The monoisotopic (exact) mass is 300 g/mol. The zero-order valence-corrected chi connectivity index (χ0v) is 12.4. The number of benzene rings is 1. The second-order valence-electron chi connectivity index (χ2n) is 5.94. The third kappa shape index (κ3) is 2.78. The Labute approximate surface area is 129 Å². The molecule has 1 fully saturated rings. The second kappa shape index (κ2) is 5.96. The molecule has 0 aliphatic carbocycles. The molecule has 0 bridgehead atoms. The van der Waals surface area contributed by atoms with Crippen molar-refractivity contribution in [1.29, 1.82) is 0 Å². The molecule has 2 aliphatic heterocycles. The van der Waals surface area contributed by atoms with Crippen LogP contribution >= 0.6 is 0 Å². The van der Waals surface area contributed by atoms with Crippen LogP contribution < -0.4 is 9.47 Å². The van der Waals surface area contributed by atoms with Crippen molar-refractivity contribution in [2.75, 3.05) is 26.2 Å². The molecule has 1 N–H and O–H groups in total. The maximum atomic E-state index is 6.04. The number of rotatable bonds is 3. The number of piperidine rings is 1. The van der Waals surface area contributed by atoms with Gasteiger partial charge < -0.3 is 9.47 Å². The normalized spacial score (nSPS) is 22.6. The largest absolute Gasteiger partial charge is 0.486 e. The van der Waals surface area contributed by atoms with Crippen LogP contribution in [0, 0.1) is 0 Å². The van der Waals surface area contributed by atoms with Crippen molar-refractivity contribution in [3.05, 3.63) is 36.4 Å². The summed E-state index contributed by atoms with van der Waals surface area (Å²) in [7, 11) is 0. The number of ether oxygens (including phenoxy) is 2. The van der Waals surface area contributed by atoms with Crippen molar-refractivity contribution in [2.24, 2.45) is 0 Å². The molecule has 1 unspecified atom stereocenters. The Morgan fingerprint density at radius 2 is 2.00 bits per heavy atom. The quantitative estimate of drug-likeness (QED) is 0.937. The Kier molecular flexibility index (Phi) is 3.68. The van der Waals surface area contributed by atoms with E-state index in [1.165, 1.54) is 0 Å². The molecule has 22 heavy (non-hydrogen) atoms. The molecule has 1 aromatic heterocycles. The Bertz CT molecular complexity index is 608. The van der Waals surface area contributed by atoms with Crippen LogP contribution in [0.1, 0.15) is 24.6 Å². The predicted molar refractivity (Wildman–Crippen MR) is 81.2 cm³/mol. The fourth-order valence-electron chi connectivity index (χ4n) is 3.24. The molecule has 1 atom stereocenters. The summed E-state index contributed by atoms with van der Waals surface area (Å²) in [4.78, 5) is 6.73. The zero-order chi connectivity index (χ0) is 14.8. The minimum absolute atomic E-state index is 0.108. The standard InChI is InChI=1S/C16H20N4O2/c1-2-4-15-14(3-1)21-10-13(22-15)9-20-7-5-12(6-8-20)16-17-11-18-19-16/h1-4,11-13H,5-10H2,(H,17,18,19). The Morgan fingerprint density at radius 3 is 2.77 bits per heavy atom. The first-order chi connectivity index (χ1) is 10.9. The van der Waals surface area contributed by atoms with E-state index in [1.54, 1.807) is 6.33 Å². The van der Waals surface area contributed by atoms with Crippen LogP contribution in [0.25, 0.3) is 0 Å². The summed E-state index contributed by atoms with van der Waals surface area (Å²) in [5.74, 6) is 3.23. The number of fused-ring (bicyclic) bond motifs is 1. The third-order valence-electron chi connectivity index (χ3n) is 4.44. The Morgan fingerprint density at radius 1 is 1.18 bits per heavy atom. The molecule has 4 rings (SSSR count). The second-order valence-corrected chi connectivity index (χ2v) is 5.94. The third-order valence-corrected chi connectivity index (χ3v) is 4.44. The molecule has 2 aromatic rings. The van der Waals surface area contributed by atoms with Gasteiger partial charge in [-0.15, -0.1) is 0 Å². The summed E-state index contributed by atoms with van der Waals surface area (Å²) in [6.45, 7) is 3.66. The number of para-hydroxylation sites is 2. The number of aromatic nitrogens is 3. The minimum atomic E-state index is 0.108. The van der Waals surface area contributed by atoms with Crippen LogP contribution in [-0.4, -0.2) is 52.4 Å². The molecule has 6 nitrogen and oxygen atoms in total. The van der Waals surface area contributed by atoms with Crippen LogP contribution in [0.15, 0.2) is 30.6 Å². The van der Waals surface area contributed by atoms with E-state index in [0.29, 0.717) is 12.5 Å². The van der Waals surface area contributed by atoms with Gasteiger partial charge in [-0.1, -0.05) is 12.1 Å². The van der Waals surface area contributed by atoms with Gasteiger partial charge in [0.1, 0.15) is 24.9 Å². The topological polar surface area (TPSA) is 63.3 Å². The number of nitrogens with one attached hydrogen (secondary N) is 1. The lowest BCUT2D eigenvalue weighted by Gasteiger charge is -2.35. The first-order valence-corrected chi connectivity index (χ1v) is 7.84. The zero-order valence-electron chi connectivity index (χ0n) is 12.4. The lowest BCUT2D eigenvalue weighted by molar-refractivity contribution is 0.0511. The van der Waals surface area contributed by atoms with Gasteiger partial charge in [-0.2, -0.15) is 5.10 Å². The van der Waals surface area contributed by atoms with Gasteiger partial charge in [0.2, 0.25) is 0 Å². The summed E-state index contributed by atoms with van der Waals surface area (Å²) in [6.07, 6.45) is 3.92. The van der Waals surface area contributed by atoms with Gasteiger partial charge in [0, 0.05) is 12.5 Å². The average Bonchev–Trinajstić information content (AvgIpc) is 3.10. The Balaban J connectivity index is 1.31. The molecule has 6 heteroatoms. The van der Waals surface area contributed by atoms with Gasteiger partial charge in [-0.3, -0.25) is 10.00 Å². The lowest BCUT2D eigenvalue weighted by atomic mass is 9.96. The number of aromatic amines is 1. The highest BCUT2D eigenvalue weighted by molar-refractivity contribution is 5.40. The van der Waals surface area contributed by atoms with Crippen LogP contribution in [0.2, 0.25) is 0 Å². The summed E-state index contributed by atoms with van der Waals surface area (Å²) in [5.41, 5.74) is 0. The number of nitrogens with zero attached hydrogens (tertiary/aromatic N) is 3. The van der Waals surface area contributed by atoms with Crippen molar-refractivity contribution in [3.8, 4) is 11.5 Å². The van der Waals surface area contributed by atoms with E-state index in [4.69, 9.17) is 9.47 Å². The molecular formula is C16H20N4O2. The highest BCUT2D eigenvalue weighted by atomic mass is 16.6. The molecular weight excluding hydrogens is 280 g/mol. The highest BCUT2D eigenvalue weighted by Gasteiger charge is 2.27. The maximum absolute atomic E-state index is 6.04. The number of hydrogen-bond donors (Lipinski definition) is 1. The Hall–Kier alpha value is -2.08. The summed E-state index contributed by atoms with van der Waals surface area (Å²) >= 11 is 0. The number of likely N-dealkylation sites (tertiary alicyclic amines) is 1. The molecule has 0 radical (unpaired) electrons. The van der Waals surface area contributed by atoms with Gasteiger partial charge in [0.15, 0.2) is 11.5 Å². The van der Waals surface area contributed by atoms with E-state index >= 15 is 0 Å². The van der Waals surface area contributed by atoms with Gasteiger partial charge in [-0.05, 0) is 38.1 Å². The van der Waals surface area contributed by atoms with Crippen molar-refractivity contribution in [2.45, 2.75) is 24.9 Å². The van der Waals surface area contributed by atoms with Crippen LogP contribution in [0.3, 0.4) is 0 Å². The van der Waals surface area contributed by atoms with Gasteiger partial charge in [0.05, 0.1) is 0 Å². The number of H-pyrrole nitrogens is 1. The first-order valence-electron chi connectivity index (χ1n) is 7.84. The summed E-state index contributed by atoms with van der Waals surface area (Å²) in [6, 6.07) is 7.87. The minimum Gasteiger partial charge on any atom is -0.486 e. The molecule has 3 heterocycles. The van der Waals surface area contributed by atoms with E-state index in [0.717, 1.165) is 49.8 Å². The molecule has 1 aromatic carbocycles. The summed E-state index contributed by atoms with van der Waals surface area (Å²) < 4.78 is 11.8. The van der Waals surface area contributed by atoms with Gasteiger partial charge in [-0.25, -0.2) is 4.98 Å². The van der Waals surface area contributed by atoms with E-state index in [1.807, 2.05) is 24.3 Å². The first kappa shape index (κ1) is 13.6. The molecule has 0 amide bonds. The lowest BCUT2D eigenvalue weighted by Crippen LogP contribution is -2.44. The maximum Gasteiger partial charge on any atom is 0.161 e. The fourth-order valence-corrected chi connectivity index (χ4v) is 3.24. The van der Waals surface area contributed by atoms with E-state index in [2.05, 4.69) is 20.1 Å². The summed E-state index contributed by atoms with van der Waals surface area (Å²) in [5, 5.41) is 6.93. The average molecular weight is 300 g/mol.